The van der Waals surface area contributed by atoms with Crippen LogP contribution in [-0.4, -0.2) is 47.5 Å². The molecule has 2 saturated heterocycles. The summed E-state index contributed by atoms with van der Waals surface area (Å²) in [4.78, 5) is 19.3. The Hall–Kier alpha value is -1.70. The average molecular weight is 360 g/mol. The van der Waals surface area contributed by atoms with Crippen molar-refractivity contribution in [1.82, 2.24) is 14.7 Å². The molecule has 0 saturated carbocycles. The number of aryl methyl sites for hydroxylation is 1. The lowest BCUT2D eigenvalue weighted by atomic mass is 10.2. The van der Waals surface area contributed by atoms with E-state index in [0.717, 1.165) is 51.4 Å². The van der Waals surface area contributed by atoms with Gasteiger partial charge in [0.1, 0.15) is 0 Å². The van der Waals surface area contributed by atoms with Gasteiger partial charge < -0.3 is 9.64 Å². The Bertz CT molecular complexity index is 773. The van der Waals surface area contributed by atoms with E-state index in [2.05, 4.69) is 27.0 Å². The minimum atomic E-state index is -0.0554. The first-order chi connectivity index (χ1) is 12.2. The van der Waals surface area contributed by atoms with Crippen LogP contribution in [0.2, 0.25) is 0 Å². The van der Waals surface area contributed by atoms with Crippen LogP contribution in [0.3, 0.4) is 0 Å². The number of rotatable bonds is 4. The topological polar surface area (TPSA) is 50.6 Å². The van der Waals surface area contributed by atoms with Gasteiger partial charge in [-0.3, -0.25) is 9.69 Å². The van der Waals surface area contributed by atoms with Crippen molar-refractivity contribution in [3.8, 4) is 0 Å². The van der Waals surface area contributed by atoms with Crippen molar-refractivity contribution in [2.45, 2.75) is 25.5 Å². The highest BCUT2D eigenvalue weighted by Gasteiger charge is 2.21. The van der Waals surface area contributed by atoms with Crippen molar-refractivity contribution in [1.29, 1.82) is 0 Å². The lowest BCUT2D eigenvalue weighted by Gasteiger charge is -2.35. The van der Waals surface area contributed by atoms with Crippen LogP contribution in [0.15, 0.2) is 29.2 Å². The SMILES string of the molecule is Cn1ncc(N2CCN(Cc3ccc([C@@H]4CCCO4)s3)CC2)cc1=O. The van der Waals surface area contributed by atoms with Gasteiger partial charge in [-0.2, -0.15) is 5.10 Å². The van der Waals surface area contributed by atoms with Gasteiger partial charge in [0.2, 0.25) is 0 Å². The first-order valence-electron chi connectivity index (χ1n) is 8.90. The van der Waals surface area contributed by atoms with E-state index in [1.54, 1.807) is 19.3 Å². The Kier molecular flexibility index (Phi) is 4.87. The van der Waals surface area contributed by atoms with Gasteiger partial charge in [0.25, 0.3) is 5.56 Å². The molecule has 0 unspecified atom stereocenters. The summed E-state index contributed by atoms with van der Waals surface area (Å²) in [5.41, 5.74) is 0.875. The third-order valence-corrected chi connectivity index (χ3v) is 6.16. The summed E-state index contributed by atoms with van der Waals surface area (Å²) in [6.45, 7) is 5.76. The normalized spacial score (nSPS) is 21.8. The Morgan fingerprint density at radius 3 is 2.84 bits per heavy atom. The van der Waals surface area contributed by atoms with Gasteiger partial charge in [-0.1, -0.05) is 0 Å². The number of ether oxygens (including phenoxy) is 1. The molecule has 2 aromatic rings. The second kappa shape index (κ2) is 7.27. The molecule has 2 aliphatic rings. The molecule has 0 aromatic carbocycles. The number of thiophene rings is 1. The number of nitrogens with zero attached hydrogens (tertiary/aromatic N) is 4. The van der Waals surface area contributed by atoms with Crippen LogP contribution in [0.1, 0.15) is 28.7 Å². The summed E-state index contributed by atoms with van der Waals surface area (Å²) < 4.78 is 7.14. The van der Waals surface area contributed by atoms with Gasteiger partial charge in [0, 0.05) is 62.2 Å². The number of aromatic nitrogens is 2. The molecule has 0 aliphatic carbocycles. The molecule has 0 N–H and O–H groups in total. The predicted molar refractivity (Wildman–Crippen MR) is 99.2 cm³/mol. The summed E-state index contributed by atoms with van der Waals surface area (Å²) in [6, 6.07) is 6.16. The van der Waals surface area contributed by atoms with Crippen LogP contribution in [0.5, 0.6) is 0 Å². The second-order valence-electron chi connectivity index (χ2n) is 6.74. The van der Waals surface area contributed by atoms with Crippen LogP contribution < -0.4 is 10.5 Å². The average Bonchev–Trinajstić information content (AvgIpc) is 3.29. The standard InChI is InChI=1S/C18H24N4O2S/c1-20-18(23)11-14(12-19-20)22-8-6-21(7-9-22)13-15-4-5-17(25-15)16-3-2-10-24-16/h4-5,11-12,16H,2-3,6-10,13H2,1H3/t16-/m0/s1. The molecular formula is C18H24N4O2S. The first kappa shape index (κ1) is 16.8. The lowest BCUT2D eigenvalue weighted by molar-refractivity contribution is 0.114. The third-order valence-electron chi connectivity index (χ3n) is 5.00. The maximum Gasteiger partial charge on any atom is 0.268 e. The largest absolute Gasteiger partial charge is 0.373 e. The molecule has 0 radical (unpaired) electrons. The molecule has 2 aromatic heterocycles. The summed E-state index contributed by atoms with van der Waals surface area (Å²) in [7, 11) is 1.68. The molecule has 2 fully saturated rings. The molecule has 0 amide bonds. The molecule has 1 atom stereocenters. The maximum atomic E-state index is 11.8. The molecule has 2 aliphatic heterocycles. The van der Waals surface area contributed by atoms with E-state index in [4.69, 9.17) is 4.74 Å². The zero-order chi connectivity index (χ0) is 17.2. The number of anilines is 1. The van der Waals surface area contributed by atoms with E-state index in [-0.39, 0.29) is 5.56 Å². The smallest absolute Gasteiger partial charge is 0.268 e. The highest BCUT2D eigenvalue weighted by molar-refractivity contribution is 7.12. The molecule has 25 heavy (non-hydrogen) atoms. The van der Waals surface area contributed by atoms with Crippen molar-refractivity contribution >= 4 is 17.0 Å². The van der Waals surface area contributed by atoms with Crippen LogP contribution in [0, 0.1) is 0 Å². The minimum absolute atomic E-state index is 0.0554. The summed E-state index contributed by atoms with van der Waals surface area (Å²) in [5.74, 6) is 0. The zero-order valence-electron chi connectivity index (χ0n) is 14.6. The molecule has 134 valence electrons. The number of hydrogen-bond donors (Lipinski definition) is 0. The third kappa shape index (κ3) is 3.78. The fraction of sp³-hybridized carbons (Fsp3) is 0.556. The first-order valence-corrected chi connectivity index (χ1v) is 9.71. The van der Waals surface area contributed by atoms with Gasteiger partial charge >= 0.3 is 0 Å². The number of piperazine rings is 1. The fourth-order valence-electron chi connectivity index (χ4n) is 3.47. The molecule has 4 heterocycles. The van der Waals surface area contributed by atoms with E-state index < -0.39 is 0 Å². The summed E-state index contributed by atoms with van der Waals surface area (Å²) >= 11 is 1.89. The molecular weight excluding hydrogens is 336 g/mol. The van der Waals surface area contributed by atoms with Crippen molar-refractivity contribution in [3.63, 3.8) is 0 Å². The van der Waals surface area contributed by atoms with Gasteiger partial charge in [-0.25, -0.2) is 4.68 Å². The van der Waals surface area contributed by atoms with Crippen molar-refractivity contribution < 1.29 is 4.74 Å². The van der Waals surface area contributed by atoms with Crippen molar-refractivity contribution in [3.05, 3.63) is 44.5 Å². The van der Waals surface area contributed by atoms with Gasteiger partial charge in [0.15, 0.2) is 0 Å². The fourth-order valence-corrected chi connectivity index (χ4v) is 4.61. The van der Waals surface area contributed by atoms with Crippen LogP contribution in [0.25, 0.3) is 0 Å². The predicted octanol–water partition coefficient (Wildman–Crippen LogP) is 2.02. The summed E-state index contributed by atoms with van der Waals surface area (Å²) in [6.07, 6.45) is 4.44. The van der Waals surface area contributed by atoms with E-state index in [0.29, 0.717) is 6.10 Å². The Morgan fingerprint density at radius 2 is 2.12 bits per heavy atom. The Balaban J connectivity index is 1.32. The van der Waals surface area contributed by atoms with Gasteiger partial charge in [-0.15, -0.1) is 11.3 Å². The van der Waals surface area contributed by atoms with Crippen LogP contribution in [-0.2, 0) is 18.3 Å². The van der Waals surface area contributed by atoms with E-state index in [1.165, 1.54) is 20.9 Å². The quantitative estimate of drug-likeness (QED) is 0.835. The van der Waals surface area contributed by atoms with E-state index in [9.17, 15) is 4.79 Å². The highest BCUT2D eigenvalue weighted by Crippen LogP contribution is 2.33. The Labute approximate surface area is 151 Å². The molecule has 0 bridgehead atoms. The lowest BCUT2D eigenvalue weighted by Crippen LogP contribution is -2.46. The molecule has 4 rings (SSSR count). The van der Waals surface area contributed by atoms with Crippen molar-refractivity contribution in [2.75, 3.05) is 37.7 Å². The highest BCUT2D eigenvalue weighted by atomic mass is 32.1. The maximum absolute atomic E-state index is 11.8. The Morgan fingerprint density at radius 1 is 1.28 bits per heavy atom. The summed E-state index contributed by atoms with van der Waals surface area (Å²) in [5, 5.41) is 4.12. The molecule has 7 heteroatoms. The van der Waals surface area contributed by atoms with E-state index in [1.807, 2.05) is 11.3 Å². The van der Waals surface area contributed by atoms with Gasteiger partial charge in [-0.05, 0) is 25.0 Å². The monoisotopic (exact) mass is 360 g/mol. The van der Waals surface area contributed by atoms with Crippen molar-refractivity contribution in [2.24, 2.45) is 7.05 Å². The van der Waals surface area contributed by atoms with Gasteiger partial charge in [0.05, 0.1) is 18.0 Å². The van der Waals surface area contributed by atoms with Crippen LogP contribution >= 0.6 is 11.3 Å². The molecule has 6 nitrogen and oxygen atoms in total. The van der Waals surface area contributed by atoms with Crippen LogP contribution in [0.4, 0.5) is 5.69 Å². The molecule has 0 spiro atoms. The second-order valence-corrected chi connectivity index (χ2v) is 7.94. The number of hydrogen-bond acceptors (Lipinski definition) is 6. The van der Waals surface area contributed by atoms with E-state index >= 15 is 0 Å². The zero-order valence-corrected chi connectivity index (χ0v) is 15.4. The minimum Gasteiger partial charge on any atom is -0.373 e.